The first kappa shape index (κ1) is 9.50. The monoisotopic (exact) mass is 190 g/mol. The van der Waals surface area contributed by atoms with Crippen LogP contribution in [0.1, 0.15) is 0 Å². The lowest BCUT2D eigenvalue weighted by atomic mass is 10.3. The normalized spacial score (nSPS) is 11.0. The zero-order valence-corrected chi connectivity index (χ0v) is 6.30. The molecule has 1 rings (SSSR count). The van der Waals surface area contributed by atoms with E-state index < -0.39 is 12.1 Å². The van der Waals surface area contributed by atoms with Crippen LogP contribution in [0.2, 0.25) is 0 Å². The molecule has 0 aliphatic heterocycles. The Bertz CT molecular complexity index is 311. The minimum absolute atomic E-state index is 0.153. The van der Waals surface area contributed by atoms with Crippen molar-refractivity contribution in [2.75, 3.05) is 0 Å². The molecule has 0 aliphatic rings. The molecule has 13 heavy (non-hydrogen) atoms. The van der Waals surface area contributed by atoms with Crippen LogP contribution in [-0.2, 0) is 0 Å². The summed E-state index contributed by atoms with van der Waals surface area (Å²) in [6, 6.07) is 5.20. The molecule has 0 unspecified atom stereocenters. The Hall–Kier alpha value is -1.59. The van der Waals surface area contributed by atoms with Crippen molar-refractivity contribution in [2.24, 2.45) is 5.11 Å². The number of alkyl halides is 3. The minimum atomic E-state index is -4.75. The lowest BCUT2D eigenvalue weighted by Gasteiger charge is -2.09. The third-order valence-corrected chi connectivity index (χ3v) is 1.21. The number of ether oxygens (including phenoxy) is 1. The molecule has 6 heteroatoms. The van der Waals surface area contributed by atoms with Crippen LogP contribution in [0.25, 0.3) is 0 Å². The van der Waals surface area contributed by atoms with E-state index in [1.54, 1.807) is 0 Å². The number of halogens is 3. The highest BCUT2D eigenvalue weighted by molar-refractivity contribution is 5.50. The van der Waals surface area contributed by atoms with Gasteiger partial charge in [0.2, 0.25) is 0 Å². The molecule has 0 bridgehead atoms. The molecule has 1 N–H and O–H groups in total. The van der Waals surface area contributed by atoms with Gasteiger partial charge in [-0.3, -0.25) is 0 Å². The van der Waals surface area contributed by atoms with E-state index in [4.69, 9.17) is 5.53 Å². The number of benzene rings is 1. The zero-order valence-electron chi connectivity index (χ0n) is 6.30. The molecular formula is C7H5F3N2O. The van der Waals surface area contributed by atoms with Gasteiger partial charge in [0.1, 0.15) is 5.69 Å². The van der Waals surface area contributed by atoms with Crippen LogP contribution in [0.4, 0.5) is 18.9 Å². The van der Waals surface area contributed by atoms with Crippen molar-refractivity contribution >= 4 is 5.69 Å². The topological polar surface area (TPSA) is 45.4 Å². The summed E-state index contributed by atoms with van der Waals surface area (Å²) in [6.45, 7) is 0. The molecule has 0 aromatic heterocycles. The molecule has 0 amide bonds. The lowest BCUT2D eigenvalue weighted by molar-refractivity contribution is -0.274. The van der Waals surface area contributed by atoms with E-state index in [9.17, 15) is 13.2 Å². The first-order chi connectivity index (χ1) is 6.03. The Morgan fingerprint density at radius 2 is 1.85 bits per heavy atom. The van der Waals surface area contributed by atoms with E-state index in [2.05, 4.69) is 9.85 Å². The van der Waals surface area contributed by atoms with Gasteiger partial charge in [-0.15, -0.1) is 13.2 Å². The molecule has 0 saturated carbocycles. The first-order valence-corrected chi connectivity index (χ1v) is 3.25. The summed E-state index contributed by atoms with van der Waals surface area (Å²) in [6.07, 6.45) is -4.75. The summed E-state index contributed by atoms with van der Waals surface area (Å²) >= 11 is 0. The van der Waals surface area contributed by atoms with Gasteiger partial charge in [-0.1, -0.05) is 12.1 Å². The fourth-order valence-corrected chi connectivity index (χ4v) is 0.761. The summed E-state index contributed by atoms with van der Waals surface area (Å²) in [5, 5.41) is 2.88. The van der Waals surface area contributed by atoms with Gasteiger partial charge in [0.25, 0.3) is 0 Å². The molecule has 0 radical (unpaired) electrons. The SMILES string of the molecule is N=Nc1ccccc1OC(F)(F)F. The maximum atomic E-state index is 11.7. The highest BCUT2D eigenvalue weighted by atomic mass is 19.4. The lowest BCUT2D eigenvalue weighted by Crippen LogP contribution is -2.17. The Morgan fingerprint density at radius 1 is 1.23 bits per heavy atom. The van der Waals surface area contributed by atoms with E-state index in [1.165, 1.54) is 18.2 Å². The fourth-order valence-electron chi connectivity index (χ4n) is 0.761. The second-order valence-corrected chi connectivity index (χ2v) is 2.13. The van der Waals surface area contributed by atoms with Crippen molar-refractivity contribution in [1.82, 2.24) is 0 Å². The minimum Gasteiger partial charge on any atom is -0.403 e. The number of hydrogen-bond donors (Lipinski definition) is 1. The summed E-state index contributed by atoms with van der Waals surface area (Å²) in [5.74, 6) is -0.468. The van der Waals surface area contributed by atoms with E-state index in [0.717, 1.165) is 6.07 Å². The van der Waals surface area contributed by atoms with Crippen molar-refractivity contribution < 1.29 is 17.9 Å². The first-order valence-electron chi connectivity index (χ1n) is 3.25. The van der Waals surface area contributed by atoms with Crippen LogP contribution in [0.15, 0.2) is 29.4 Å². The molecule has 70 valence electrons. The Kier molecular flexibility index (Phi) is 2.50. The molecule has 3 nitrogen and oxygen atoms in total. The molecule has 0 saturated heterocycles. The van der Waals surface area contributed by atoms with E-state index in [1.807, 2.05) is 0 Å². The summed E-state index contributed by atoms with van der Waals surface area (Å²) < 4.78 is 38.8. The number of rotatable bonds is 2. The van der Waals surface area contributed by atoms with Crippen LogP contribution in [0.5, 0.6) is 5.75 Å². The third kappa shape index (κ3) is 2.73. The van der Waals surface area contributed by atoms with Crippen molar-refractivity contribution in [2.45, 2.75) is 6.36 Å². The average Bonchev–Trinajstić information content (AvgIpc) is 2.02. The smallest absolute Gasteiger partial charge is 0.403 e. The van der Waals surface area contributed by atoms with Gasteiger partial charge in [0.05, 0.1) is 0 Å². The van der Waals surface area contributed by atoms with Crippen LogP contribution in [-0.4, -0.2) is 6.36 Å². The highest BCUT2D eigenvalue weighted by Crippen LogP contribution is 2.31. The van der Waals surface area contributed by atoms with Gasteiger partial charge >= 0.3 is 6.36 Å². The molecule has 1 aromatic rings. The Morgan fingerprint density at radius 3 is 2.38 bits per heavy atom. The van der Waals surface area contributed by atoms with Gasteiger partial charge in [0, 0.05) is 0 Å². The molecule has 0 atom stereocenters. The van der Waals surface area contributed by atoms with Gasteiger partial charge in [-0.25, -0.2) is 5.53 Å². The fraction of sp³-hybridized carbons (Fsp3) is 0.143. The van der Waals surface area contributed by atoms with Crippen LogP contribution < -0.4 is 4.74 Å². The molecule has 0 heterocycles. The molecular weight excluding hydrogens is 185 g/mol. The summed E-state index contributed by atoms with van der Waals surface area (Å²) in [4.78, 5) is 0. The van der Waals surface area contributed by atoms with Gasteiger partial charge in [0.15, 0.2) is 5.75 Å². The quantitative estimate of drug-likeness (QED) is 0.714. The van der Waals surface area contributed by atoms with E-state index >= 15 is 0 Å². The van der Waals surface area contributed by atoms with E-state index in [-0.39, 0.29) is 5.69 Å². The molecule has 1 aromatic carbocycles. The second kappa shape index (κ2) is 3.42. The molecule has 0 spiro atoms. The number of para-hydroxylation sites is 2. The van der Waals surface area contributed by atoms with Gasteiger partial charge in [-0.2, -0.15) is 5.11 Å². The molecule has 0 aliphatic carbocycles. The van der Waals surface area contributed by atoms with E-state index in [0.29, 0.717) is 0 Å². The maximum Gasteiger partial charge on any atom is 0.573 e. The predicted molar refractivity (Wildman–Crippen MR) is 37.9 cm³/mol. The van der Waals surface area contributed by atoms with Gasteiger partial charge in [-0.05, 0) is 12.1 Å². The number of hydrogen-bond acceptors (Lipinski definition) is 3. The Balaban J connectivity index is 2.94. The summed E-state index contributed by atoms with van der Waals surface area (Å²) in [7, 11) is 0. The summed E-state index contributed by atoms with van der Waals surface area (Å²) in [5.41, 5.74) is 6.42. The largest absolute Gasteiger partial charge is 0.573 e. The second-order valence-electron chi connectivity index (χ2n) is 2.13. The van der Waals surface area contributed by atoms with Crippen molar-refractivity contribution in [3.05, 3.63) is 24.3 Å². The van der Waals surface area contributed by atoms with Crippen LogP contribution >= 0.6 is 0 Å². The number of nitrogens with zero attached hydrogens (tertiary/aromatic N) is 1. The Labute approximate surface area is 71.6 Å². The van der Waals surface area contributed by atoms with Crippen LogP contribution in [0, 0.1) is 5.53 Å². The van der Waals surface area contributed by atoms with Crippen molar-refractivity contribution in [3.8, 4) is 5.75 Å². The highest BCUT2D eigenvalue weighted by Gasteiger charge is 2.32. The average molecular weight is 190 g/mol. The zero-order chi connectivity index (χ0) is 9.90. The van der Waals surface area contributed by atoms with Crippen molar-refractivity contribution in [3.63, 3.8) is 0 Å². The predicted octanol–water partition coefficient (Wildman–Crippen LogP) is 3.25. The molecule has 0 fully saturated rings. The maximum absolute atomic E-state index is 11.7. The van der Waals surface area contributed by atoms with Crippen LogP contribution in [0.3, 0.4) is 0 Å². The standard InChI is InChI=1S/C7H5F3N2O/c8-7(9,10)13-6-4-2-1-3-5(6)12-11/h1-4,11H. The third-order valence-electron chi connectivity index (χ3n) is 1.21. The van der Waals surface area contributed by atoms with Crippen molar-refractivity contribution in [1.29, 1.82) is 5.53 Å². The number of nitrogens with one attached hydrogen (secondary N) is 1. The van der Waals surface area contributed by atoms with Gasteiger partial charge < -0.3 is 4.74 Å².